The molecule has 1 fully saturated rings. The fraction of sp³-hybridized carbons (Fsp3) is 0.444. The number of ether oxygens (including phenoxy) is 1. The summed E-state index contributed by atoms with van der Waals surface area (Å²) in [5.74, 6) is -0.375. The molecule has 0 radical (unpaired) electrons. The van der Waals surface area contributed by atoms with E-state index in [1.807, 2.05) is 18.7 Å². The first-order valence-corrected chi connectivity index (χ1v) is 8.06. The normalized spacial score (nSPS) is 18.4. The van der Waals surface area contributed by atoms with Gasteiger partial charge in [-0.15, -0.1) is 0 Å². The minimum absolute atomic E-state index is 0.0310. The topological polar surface area (TPSA) is 42.4 Å². The summed E-state index contributed by atoms with van der Waals surface area (Å²) in [6.07, 6.45) is 2.02. The zero-order valence-electron chi connectivity index (χ0n) is 13.5. The predicted molar refractivity (Wildman–Crippen MR) is 87.0 cm³/mol. The molecule has 1 aromatic heterocycles. The van der Waals surface area contributed by atoms with Crippen molar-refractivity contribution in [1.82, 2.24) is 9.88 Å². The summed E-state index contributed by atoms with van der Waals surface area (Å²) < 4.78 is 19.1. The molecule has 1 amide bonds. The molecule has 0 spiro atoms. The van der Waals surface area contributed by atoms with Crippen molar-refractivity contribution in [3.8, 4) is 0 Å². The summed E-state index contributed by atoms with van der Waals surface area (Å²) in [6, 6.07) is 6.16. The van der Waals surface area contributed by atoms with Crippen molar-refractivity contribution in [3.05, 3.63) is 41.3 Å². The van der Waals surface area contributed by atoms with Crippen LogP contribution in [0, 0.1) is 12.7 Å². The van der Waals surface area contributed by atoms with E-state index < -0.39 is 0 Å². The SMILES string of the molecule is CCOC1CCCN(C(=O)c2cc(C)nc3cc(F)ccc23)C1. The van der Waals surface area contributed by atoms with Gasteiger partial charge in [-0.25, -0.2) is 4.39 Å². The quantitative estimate of drug-likeness (QED) is 0.872. The van der Waals surface area contributed by atoms with Crippen molar-refractivity contribution < 1.29 is 13.9 Å². The zero-order valence-corrected chi connectivity index (χ0v) is 13.5. The predicted octanol–water partition coefficient (Wildman–Crippen LogP) is 3.32. The van der Waals surface area contributed by atoms with Gasteiger partial charge in [-0.1, -0.05) is 0 Å². The number of hydrogen-bond acceptors (Lipinski definition) is 3. The summed E-state index contributed by atoms with van der Waals surface area (Å²) >= 11 is 0. The van der Waals surface area contributed by atoms with Gasteiger partial charge in [0.05, 0.1) is 17.2 Å². The molecule has 5 heteroatoms. The summed E-state index contributed by atoms with van der Waals surface area (Å²) in [5, 5.41) is 0.695. The summed E-state index contributed by atoms with van der Waals surface area (Å²) in [4.78, 5) is 19.1. The third-order valence-corrected chi connectivity index (χ3v) is 4.20. The second-order valence-corrected chi connectivity index (χ2v) is 5.94. The van der Waals surface area contributed by atoms with Crippen LogP contribution in [-0.2, 0) is 4.74 Å². The second-order valence-electron chi connectivity index (χ2n) is 5.94. The average Bonchev–Trinajstić information content (AvgIpc) is 2.53. The maximum atomic E-state index is 13.4. The molecule has 0 N–H and O–H groups in total. The Bertz CT molecular complexity index is 725. The third kappa shape index (κ3) is 3.34. The van der Waals surface area contributed by atoms with Crippen LogP contribution in [0.4, 0.5) is 4.39 Å². The van der Waals surface area contributed by atoms with Crippen molar-refractivity contribution in [1.29, 1.82) is 0 Å². The van der Waals surface area contributed by atoms with Crippen LogP contribution in [0.3, 0.4) is 0 Å². The monoisotopic (exact) mass is 316 g/mol. The van der Waals surface area contributed by atoms with Gasteiger partial charge in [0, 0.05) is 36.8 Å². The lowest BCUT2D eigenvalue weighted by molar-refractivity contribution is 0.00731. The van der Waals surface area contributed by atoms with E-state index in [1.54, 1.807) is 12.1 Å². The van der Waals surface area contributed by atoms with E-state index >= 15 is 0 Å². The minimum Gasteiger partial charge on any atom is -0.377 e. The number of likely N-dealkylation sites (tertiary alicyclic amines) is 1. The maximum absolute atomic E-state index is 13.4. The highest BCUT2D eigenvalue weighted by atomic mass is 19.1. The molecule has 2 aromatic rings. The second kappa shape index (κ2) is 6.62. The van der Waals surface area contributed by atoms with Crippen LogP contribution >= 0.6 is 0 Å². The Kier molecular flexibility index (Phi) is 4.57. The van der Waals surface area contributed by atoms with Crippen LogP contribution in [0.25, 0.3) is 10.9 Å². The third-order valence-electron chi connectivity index (χ3n) is 4.20. The molecule has 1 aliphatic heterocycles. The first kappa shape index (κ1) is 15.9. The number of hydrogen-bond donors (Lipinski definition) is 0. The van der Waals surface area contributed by atoms with E-state index in [0.29, 0.717) is 35.3 Å². The fourth-order valence-corrected chi connectivity index (χ4v) is 3.18. The van der Waals surface area contributed by atoms with Crippen LogP contribution in [0.5, 0.6) is 0 Å². The molecule has 1 saturated heterocycles. The largest absolute Gasteiger partial charge is 0.377 e. The maximum Gasteiger partial charge on any atom is 0.254 e. The van der Waals surface area contributed by atoms with Crippen molar-refractivity contribution in [3.63, 3.8) is 0 Å². The molecule has 0 aliphatic carbocycles. The molecular weight excluding hydrogens is 295 g/mol. The Morgan fingerprint density at radius 1 is 1.43 bits per heavy atom. The molecule has 2 heterocycles. The Labute approximate surface area is 135 Å². The summed E-state index contributed by atoms with van der Waals surface area (Å²) in [5.41, 5.74) is 1.82. The number of aromatic nitrogens is 1. The molecule has 3 rings (SSSR count). The molecule has 0 bridgehead atoms. The van der Waals surface area contributed by atoms with Gasteiger partial charge in [0.15, 0.2) is 0 Å². The van der Waals surface area contributed by atoms with Crippen molar-refractivity contribution in [2.75, 3.05) is 19.7 Å². The standard InChI is InChI=1S/C18H21FN2O2/c1-3-23-14-5-4-8-21(11-14)18(22)16-9-12(2)20-17-10-13(19)6-7-15(16)17/h6-7,9-10,14H,3-5,8,11H2,1-2H3. The average molecular weight is 316 g/mol. The number of piperidine rings is 1. The van der Waals surface area contributed by atoms with Gasteiger partial charge in [0.1, 0.15) is 5.82 Å². The van der Waals surface area contributed by atoms with E-state index in [4.69, 9.17) is 4.74 Å². The smallest absolute Gasteiger partial charge is 0.254 e. The first-order chi connectivity index (χ1) is 11.1. The number of carbonyl (C=O) groups is 1. The number of benzene rings is 1. The van der Waals surface area contributed by atoms with E-state index in [1.165, 1.54) is 12.1 Å². The highest BCUT2D eigenvalue weighted by Gasteiger charge is 2.26. The number of nitrogens with zero attached hydrogens (tertiary/aromatic N) is 2. The number of aryl methyl sites for hydroxylation is 1. The lowest BCUT2D eigenvalue weighted by atomic mass is 10.0. The highest BCUT2D eigenvalue weighted by molar-refractivity contribution is 6.06. The lowest BCUT2D eigenvalue weighted by Gasteiger charge is -2.32. The molecule has 1 aromatic carbocycles. The van der Waals surface area contributed by atoms with Gasteiger partial charge in [-0.2, -0.15) is 0 Å². The van der Waals surface area contributed by atoms with Gasteiger partial charge < -0.3 is 9.64 Å². The Morgan fingerprint density at radius 3 is 3.04 bits per heavy atom. The van der Waals surface area contributed by atoms with Crippen LogP contribution in [0.15, 0.2) is 24.3 Å². The number of pyridine rings is 1. The molecular formula is C18H21FN2O2. The van der Waals surface area contributed by atoms with Crippen LogP contribution in [0.1, 0.15) is 35.8 Å². The van der Waals surface area contributed by atoms with Gasteiger partial charge in [-0.3, -0.25) is 9.78 Å². The summed E-state index contributed by atoms with van der Waals surface area (Å²) in [6.45, 7) is 5.78. The molecule has 0 saturated carbocycles. The zero-order chi connectivity index (χ0) is 16.4. The van der Waals surface area contributed by atoms with Crippen molar-refractivity contribution in [2.24, 2.45) is 0 Å². The number of rotatable bonds is 3. The van der Waals surface area contributed by atoms with E-state index in [2.05, 4.69) is 4.98 Å². The van der Waals surface area contributed by atoms with Gasteiger partial charge >= 0.3 is 0 Å². The molecule has 23 heavy (non-hydrogen) atoms. The van der Waals surface area contributed by atoms with E-state index in [0.717, 1.165) is 19.4 Å². The number of halogens is 1. The number of amides is 1. The van der Waals surface area contributed by atoms with Crippen LogP contribution < -0.4 is 0 Å². The molecule has 1 aliphatic rings. The van der Waals surface area contributed by atoms with Crippen LogP contribution in [0.2, 0.25) is 0 Å². The molecule has 1 unspecified atom stereocenters. The summed E-state index contributed by atoms with van der Waals surface area (Å²) in [7, 11) is 0. The van der Waals surface area contributed by atoms with Gasteiger partial charge in [0.2, 0.25) is 0 Å². The Morgan fingerprint density at radius 2 is 2.26 bits per heavy atom. The van der Waals surface area contributed by atoms with E-state index in [9.17, 15) is 9.18 Å². The minimum atomic E-state index is -0.344. The van der Waals surface area contributed by atoms with Gasteiger partial charge in [0.25, 0.3) is 5.91 Å². The molecule has 122 valence electrons. The van der Waals surface area contributed by atoms with Crippen molar-refractivity contribution in [2.45, 2.75) is 32.8 Å². The molecule has 4 nitrogen and oxygen atoms in total. The first-order valence-electron chi connectivity index (χ1n) is 8.06. The Hall–Kier alpha value is -2.01. The fourth-order valence-electron chi connectivity index (χ4n) is 3.18. The van der Waals surface area contributed by atoms with Gasteiger partial charge in [-0.05, 0) is 44.9 Å². The highest BCUT2D eigenvalue weighted by Crippen LogP contribution is 2.23. The number of carbonyl (C=O) groups excluding carboxylic acids is 1. The van der Waals surface area contributed by atoms with E-state index in [-0.39, 0.29) is 17.8 Å². The van der Waals surface area contributed by atoms with Crippen molar-refractivity contribution >= 4 is 16.8 Å². The Balaban J connectivity index is 1.94. The molecule has 1 atom stereocenters. The lowest BCUT2D eigenvalue weighted by Crippen LogP contribution is -2.43. The number of fused-ring (bicyclic) bond motifs is 1. The van der Waals surface area contributed by atoms with Crippen LogP contribution in [-0.4, -0.2) is 41.6 Å².